The number of oxazole rings is 1. The highest BCUT2D eigenvalue weighted by atomic mass is 32.2. The van der Waals surface area contributed by atoms with Gasteiger partial charge in [0.2, 0.25) is 11.8 Å². The first-order valence-electron chi connectivity index (χ1n) is 10.2. The van der Waals surface area contributed by atoms with Gasteiger partial charge < -0.3 is 15.1 Å². The van der Waals surface area contributed by atoms with Crippen LogP contribution in [-0.4, -0.2) is 44.1 Å². The fourth-order valence-corrected chi connectivity index (χ4v) is 4.27. The third-order valence-corrected chi connectivity index (χ3v) is 5.92. The molecule has 1 aliphatic heterocycles. The Morgan fingerprint density at radius 1 is 1.32 bits per heavy atom. The van der Waals surface area contributed by atoms with E-state index in [1.807, 2.05) is 36.6 Å². The molecule has 9 nitrogen and oxygen atoms in total. The second kappa shape index (κ2) is 9.34. The minimum atomic E-state index is -0.541. The largest absolute Gasteiger partial charge is 0.447 e. The number of nitrogens with zero attached hydrogens (tertiary/aromatic N) is 4. The summed E-state index contributed by atoms with van der Waals surface area (Å²) in [6.07, 6.45) is 3.73. The molecule has 1 aromatic carbocycles. The van der Waals surface area contributed by atoms with E-state index in [1.54, 1.807) is 0 Å². The normalized spacial score (nSPS) is 16.6. The maximum atomic E-state index is 12.5. The maximum absolute atomic E-state index is 12.5. The number of hydrogen-bond donors (Lipinski definition) is 2. The zero-order chi connectivity index (χ0) is 21.8. The lowest BCUT2D eigenvalue weighted by molar-refractivity contribution is -0.122. The summed E-state index contributed by atoms with van der Waals surface area (Å²) in [7, 11) is 0. The number of aryl methyl sites for hydroxylation is 2. The molecule has 3 heterocycles. The van der Waals surface area contributed by atoms with Crippen molar-refractivity contribution >= 4 is 23.6 Å². The van der Waals surface area contributed by atoms with Gasteiger partial charge in [0.05, 0.1) is 5.75 Å². The molecule has 0 spiro atoms. The molecule has 31 heavy (non-hydrogen) atoms. The number of amides is 2. The standard InChI is InChI=1S/C21H24N6O3S/c1-13-6-5-7-15(10-13)27-14(2)25-26-21(27)31-12-18-23-17(11-30-18)20(29)24-16-8-3-4-9-22-19(16)28/h5-7,10-11,16H,3-4,8-9,12H2,1-2H3,(H,22,28)(H,24,29). The summed E-state index contributed by atoms with van der Waals surface area (Å²) >= 11 is 1.42. The third kappa shape index (κ3) is 4.96. The van der Waals surface area contributed by atoms with Crippen LogP contribution in [0, 0.1) is 13.8 Å². The molecule has 1 saturated heterocycles. The van der Waals surface area contributed by atoms with E-state index in [0.717, 1.165) is 29.9 Å². The first-order chi connectivity index (χ1) is 15.0. The van der Waals surface area contributed by atoms with Crippen molar-refractivity contribution in [2.45, 2.75) is 50.1 Å². The number of thioether (sulfide) groups is 1. The topological polar surface area (TPSA) is 115 Å². The van der Waals surface area contributed by atoms with Crippen molar-refractivity contribution in [2.24, 2.45) is 0 Å². The molecule has 3 aromatic rings. The van der Waals surface area contributed by atoms with E-state index in [0.29, 0.717) is 29.8 Å². The van der Waals surface area contributed by atoms with Crippen LogP contribution in [0.4, 0.5) is 0 Å². The van der Waals surface area contributed by atoms with Crippen LogP contribution >= 0.6 is 11.8 Å². The Bertz CT molecular complexity index is 1090. The lowest BCUT2D eigenvalue weighted by Crippen LogP contribution is -2.45. The Morgan fingerprint density at radius 3 is 3.03 bits per heavy atom. The second-order valence-electron chi connectivity index (χ2n) is 7.43. The first-order valence-corrected chi connectivity index (χ1v) is 11.1. The quantitative estimate of drug-likeness (QED) is 0.566. The van der Waals surface area contributed by atoms with Gasteiger partial charge in [-0.05, 0) is 50.8 Å². The van der Waals surface area contributed by atoms with Crippen molar-refractivity contribution in [1.29, 1.82) is 0 Å². The first kappa shape index (κ1) is 21.1. The van der Waals surface area contributed by atoms with E-state index >= 15 is 0 Å². The summed E-state index contributed by atoms with van der Waals surface area (Å²) in [5, 5.41) is 14.7. The van der Waals surface area contributed by atoms with Gasteiger partial charge in [0, 0.05) is 12.2 Å². The van der Waals surface area contributed by atoms with Gasteiger partial charge in [0.1, 0.15) is 18.1 Å². The zero-order valence-corrected chi connectivity index (χ0v) is 18.2. The minimum absolute atomic E-state index is 0.156. The van der Waals surface area contributed by atoms with Crippen molar-refractivity contribution in [3.63, 3.8) is 0 Å². The van der Waals surface area contributed by atoms with Crippen LogP contribution in [-0.2, 0) is 10.5 Å². The summed E-state index contributed by atoms with van der Waals surface area (Å²) in [4.78, 5) is 28.8. The maximum Gasteiger partial charge on any atom is 0.273 e. The molecular formula is C21H24N6O3S. The zero-order valence-electron chi connectivity index (χ0n) is 17.4. The van der Waals surface area contributed by atoms with Crippen molar-refractivity contribution in [3.05, 3.63) is 53.5 Å². The van der Waals surface area contributed by atoms with Crippen LogP contribution in [0.1, 0.15) is 47.0 Å². The molecule has 0 saturated carbocycles. The molecule has 10 heteroatoms. The molecule has 2 aromatic heterocycles. The van der Waals surface area contributed by atoms with Crippen molar-refractivity contribution in [1.82, 2.24) is 30.4 Å². The van der Waals surface area contributed by atoms with Crippen LogP contribution in [0.2, 0.25) is 0 Å². The van der Waals surface area contributed by atoms with Gasteiger partial charge in [-0.25, -0.2) is 4.98 Å². The molecule has 0 aliphatic carbocycles. The summed E-state index contributed by atoms with van der Waals surface area (Å²) in [6, 6.07) is 7.56. The van der Waals surface area contributed by atoms with Gasteiger partial charge in [-0.1, -0.05) is 23.9 Å². The Morgan fingerprint density at radius 2 is 2.19 bits per heavy atom. The summed E-state index contributed by atoms with van der Waals surface area (Å²) < 4.78 is 7.44. The van der Waals surface area contributed by atoms with Gasteiger partial charge in [0.25, 0.3) is 5.91 Å². The number of benzene rings is 1. The summed E-state index contributed by atoms with van der Waals surface area (Å²) in [6.45, 7) is 4.58. The average Bonchev–Trinajstić information content (AvgIpc) is 3.32. The van der Waals surface area contributed by atoms with Gasteiger partial charge in [-0.2, -0.15) is 0 Å². The van der Waals surface area contributed by atoms with Crippen LogP contribution in [0.25, 0.3) is 5.69 Å². The van der Waals surface area contributed by atoms with E-state index in [4.69, 9.17) is 4.42 Å². The fraction of sp³-hybridized carbons (Fsp3) is 0.381. The van der Waals surface area contributed by atoms with Gasteiger partial charge in [-0.3, -0.25) is 14.2 Å². The number of carbonyl (C=O) groups excluding carboxylic acids is 2. The number of hydrogen-bond acceptors (Lipinski definition) is 7. The molecule has 1 fully saturated rings. The van der Waals surface area contributed by atoms with E-state index in [2.05, 4.69) is 31.9 Å². The lowest BCUT2D eigenvalue weighted by Gasteiger charge is -2.13. The molecule has 0 bridgehead atoms. The van der Waals surface area contributed by atoms with Crippen LogP contribution in [0.3, 0.4) is 0 Å². The molecule has 1 aliphatic rings. The van der Waals surface area contributed by atoms with Crippen molar-refractivity contribution < 1.29 is 14.0 Å². The number of aromatic nitrogens is 4. The number of carbonyl (C=O) groups is 2. The predicted octanol–water partition coefficient (Wildman–Crippen LogP) is 2.56. The fourth-order valence-electron chi connectivity index (χ4n) is 3.42. The van der Waals surface area contributed by atoms with Crippen molar-refractivity contribution in [2.75, 3.05) is 6.54 Å². The minimum Gasteiger partial charge on any atom is -0.447 e. The van der Waals surface area contributed by atoms with Crippen LogP contribution in [0.5, 0.6) is 0 Å². The Hall–Kier alpha value is -3.14. The van der Waals surface area contributed by atoms with Gasteiger partial charge >= 0.3 is 0 Å². The van der Waals surface area contributed by atoms with E-state index in [-0.39, 0.29) is 11.6 Å². The molecule has 2 N–H and O–H groups in total. The van der Waals surface area contributed by atoms with Crippen LogP contribution in [0.15, 0.2) is 40.1 Å². The highest BCUT2D eigenvalue weighted by Crippen LogP contribution is 2.25. The summed E-state index contributed by atoms with van der Waals surface area (Å²) in [5.41, 5.74) is 2.29. The van der Waals surface area contributed by atoms with E-state index < -0.39 is 11.9 Å². The number of rotatable bonds is 6. The smallest absolute Gasteiger partial charge is 0.273 e. The highest BCUT2D eigenvalue weighted by molar-refractivity contribution is 7.98. The van der Waals surface area contributed by atoms with Crippen LogP contribution < -0.4 is 10.6 Å². The van der Waals surface area contributed by atoms with Gasteiger partial charge in [-0.15, -0.1) is 10.2 Å². The van der Waals surface area contributed by atoms with Crippen molar-refractivity contribution in [3.8, 4) is 5.69 Å². The summed E-state index contributed by atoms with van der Waals surface area (Å²) in [5.74, 6) is 0.997. The second-order valence-corrected chi connectivity index (χ2v) is 8.37. The Labute approximate surface area is 184 Å². The molecule has 4 rings (SSSR count). The average molecular weight is 441 g/mol. The number of nitrogens with one attached hydrogen (secondary N) is 2. The monoisotopic (exact) mass is 440 g/mol. The highest BCUT2D eigenvalue weighted by Gasteiger charge is 2.24. The molecule has 1 atom stereocenters. The lowest BCUT2D eigenvalue weighted by atomic mass is 10.1. The Kier molecular flexibility index (Phi) is 6.36. The molecule has 2 amide bonds. The molecule has 162 valence electrons. The van der Waals surface area contributed by atoms with E-state index in [1.165, 1.54) is 18.0 Å². The molecular weight excluding hydrogens is 416 g/mol. The SMILES string of the molecule is Cc1cccc(-n2c(C)nnc2SCc2nc(C(=O)NC3CCCCNC3=O)co2)c1. The van der Waals surface area contributed by atoms with Gasteiger partial charge in [0.15, 0.2) is 10.9 Å². The Balaban J connectivity index is 1.41. The van der Waals surface area contributed by atoms with E-state index in [9.17, 15) is 9.59 Å². The predicted molar refractivity (Wildman–Crippen MR) is 115 cm³/mol. The third-order valence-electron chi connectivity index (χ3n) is 5.00. The molecule has 0 radical (unpaired) electrons. The molecule has 1 unspecified atom stereocenters.